The van der Waals surface area contributed by atoms with Crippen molar-refractivity contribution < 1.29 is 4.79 Å². The predicted octanol–water partition coefficient (Wildman–Crippen LogP) is 1.09. The van der Waals surface area contributed by atoms with Gasteiger partial charge in [0.1, 0.15) is 0 Å². The van der Waals surface area contributed by atoms with Gasteiger partial charge in [-0.1, -0.05) is 6.58 Å². The van der Waals surface area contributed by atoms with Crippen LogP contribution in [-0.2, 0) is 4.79 Å². The number of rotatable bonds is 3. The molecule has 1 aromatic rings. The third kappa shape index (κ3) is 2.67. The Bertz CT molecular complexity index is 412. The van der Waals surface area contributed by atoms with Crippen LogP contribution >= 0.6 is 0 Å². The van der Waals surface area contributed by atoms with E-state index >= 15 is 0 Å². The molecule has 0 aromatic carbocycles. The minimum atomic E-state index is 0.0237. The van der Waals surface area contributed by atoms with E-state index in [9.17, 15) is 4.79 Å². The topological polar surface area (TPSA) is 49.3 Å². The number of amides is 1. The van der Waals surface area contributed by atoms with E-state index < -0.39 is 0 Å². The van der Waals surface area contributed by atoms with Gasteiger partial charge < -0.3 is 9.80 Å². The van der Waals surface area contributed by atoms with E-state index in [-0.39, 0.29) is 5.91 Å². The minimum Gasteiger partial charge on any atom is -0.355 e. The highest BCUT2D eigenvalue weighted by Crippen LogP contribution is 2.19. The number of aromatic nitrogens is 2. The molecule has 0 unspecified atom stereocenters. The summed E-state index contributed by atoms with van der Waals surface area (Å²) in [6, 6.07) is 4.25. The third-order valence-electron chi connectivity index (χ3n) is 3.42. The lowest BCUT2D eigenvalue weighted by Gasteiger charge is -2.36. The number of likely N-dealkylation sites (tertiary alicyclic amines) is 1. The number of hydrogen-bond acceptors (Lipinski definition) is 4. The summed E-state index contributed by atoms with van der Waals surface area (Å²) < 4.78 is 0. The summed E-state index contributed by atoms with van der Waals surface area (Å²) in [4.78, 5) is 15.5. The molecule has 18 heavy (non-hydrogen) atoms. The van der Waals surface area contributed by atoms with Crippen LogP contribution in [0.3, 0.4) is 0 Å². The highest BCUT2D eigenvalue weighted by Gasteiger charge is 2.24. The van der Waals surface area contributed by atoms with Gasteiger partial charge in [-0.25, -0.2) is 0 Å². The van der Waals surface area contributed by atoms with Crippen molar-refractivity contribution in [1.29, 1.82) is 0 Å². The van der Waals surface area contributed by atoms with Gasteiger partial charge in [-0.2, -0.15) is 5.10 Å². The normalized spacial score (nSPS) is 16.4. The Kier molecular flexibility index (Phi) is 3.92. The molecule has 1 aliphatic rings. The van der Waals surface area contributed by atoms with Crippen LogP contribution in [0.5, 0.6) is 0 Å². The Balaban J connectivity index is 1.94. The second kappa shape index (κ2) is 5.62. The Morgan fingerprint density at radius 3 is 2.83 bits per heavy atom. The number of carbonyl (C=O) groups is 1. The first-order valence-corrected chi connectivity index (χ1v) is 6.14. The fourth-order valence-corrected chi connectivity index (χ4v) is 2.27. The second-order valence-electron chi connectivity index (χ2n) is 4.45. The van der Waals surface area contributed by atoms with Gasteiger partial charge in [0.15, 0.2) is 5.82 Å². The zero-order chi connectivity index (χ0) is 13.0. The van der Waals surface area contributed by atoms with Crippen LogP contribution in [0, 0.1) is 0 Å². The van der Waals surface area contributed by atoms with E-state index in [1.165, 1.54) is 6.08 Å². The summed E-state index contributed by atoms with van der Waals surface area (Å²) in [6.07, 6.45) is 4.95. The molecule has 0 aliphatic carbocycles. The fraction of sp³-hybridized carbons (Fsp3) is 0.462. The highest BCUT2D eigenvalue weighted by atomic mass is 16.2. The van der Waals surface area contributed by atoms with Crippen LogP contribution in [-0.4, -0.2) is 47.2 Å². The number of piperidine rings is 1. The SMILES string of the molecule is C=CC(=O)N1CCC(N(C)c2cccnn2)CC1. The molecule has 1 aliphatic heterocycles. The monoisotopic (exact) mass is 246 g/mol. The molecule has 5 heteroatoms. The van der Waals surface area contributed by atoms with Crippen molar-refractivity contribution >= 4 is 11.7 Å². The molecular weight excluding hydrogens is 228 g/mol. The van der Waals surface area contributed by atoms with Crippen molar-refractivity contribution in [3.05, 3.63) is 31.0 Å². The summed E-state index contributed by atoms with van der Waals surface area (Å²) in [5.41, 5.74) is 0. The maximum Gasteiger partial charge on any atom is 0.245 e. The van der Waals surface area contributed by atoms with E-state index in [0.29, 0.717) is 6.04 Å². The Labute approximate surface area is 107 Å². The summed E-state index contributed by atoms with van der Waals surface area (Å²) in [6.45, 7) is 5.07. The summed E-state index contributed by atoms with van der Waals surface area (Å²) in [5, 5.41) is 7.99. The number of anilines is 1. The molecule has 0 radical (unpaired) electrons. The number of carbonyl (C=O) groups excluding carboxylic acids is 1. The maximum absolute atomic E-state index is 11.5. The molecular formula is C13H18N4O. The van der Waals surface area contributed by atoms with Crippen molar-refractivity contribution in [3.63, 3.8) is 0 Å². The molecule has 0 bridgehead atoms. The molecule has 2 heterocycles. The van der Waals surface area contributed by atoms with E-state index in [1.807, 2.05) is 24.1 Å². The highest BCUT2D eigenvalue weighted by molar-refractivity contribution is 5.87. The van der Waals surface area contributed by atoms with Crippen LogP contribution in [0.25, 0.3) is 0 Å². The Morgan fingerprint density at radius 2 is 2.28 bits per heavy atom. The average molecular weight is 246 g/mol. The van der Waals surface area contributed by atoms with Gasteiger partial charge >= 0.3 is 0 Å². The van der Waals surface area contributed by atoms with Crippen molar-refractivity contribution in [2.24, 2.45) is 0 Å². The zero-order valence-corrected chi connectivity index (χ0v) is 10.6. The number of nitrogens with zero attached hydrogens (tertiary/aromatic N) is 4. The van der Waals surface area contributed by atoms with Crippen LogP contribution < -0.4 is 4.90 Å². The Morgan fingerprint density at radius 1 is 1.56 bits per heavy atom. The van der Waals surface area contributed by atoms with Gasteiger partial charge in [0, 0.05) is 32.4 Å². The van der Waals surface area contributed by atoms with Gasteiger partial charge in [-0.15, -0.1) is 5.10 Å². The van der Waals surface area contributed by atoms with Gasteiger partial charge in [0.25, 0.3) is 0 Å². The van der Waals surface area contributed by atoms with Gasteiger partial charge in [-0.05, 0) is 31.1 Å². The van der Waals surface area contributed by atoms with Crippen LogP contribution in [0.15, 0.2) is 31.0 Å². The van der Waals surface area contributed by atoms with Gasteiger partial charge in [-0.3, -0.25) is 4.79 Å². The molecule has 2 rings (SSSR count). The van der Waals surface area contributed by atoms with Crippen LogP contribution in [0.1, 0.15) is 12.8 Å². The summed E-state index contributed by atoms with van der Waals surface area (Å²) >= 11 is 0. The van der Waals surface area contributed by atoms with E-state index in [4.69, 9.17) is 0 Å². The molecule has 96 valence electrons. The lowest BCUT2D eigenvalue weighted by Crippen LogP contribution is -2.45. The molecule has 1 amide bonds. The standard InChI is InChI=1S/C13H18N4O/c1-3-13(18)17-9-6-11(7-10-17)16(2)12-5-4-8-14-15-12/h3-5,8,11H,1,6-7,9-10H2,2H3. The molecule has 0 spiro atoms. The van der Waals surface area contributed by atoms with Crippen LogP contribution in [0.4, 0.5) is 5.82 Å². The van der Waals surface area contributed by atoms with Gasteiger partial charge in [0.2, 0.25) is 5.91 Å². The van der Waals surface area contributed by atoms with Crippen molar-refractivity contribution in [2.45, 2.75) is 18.9 Å². The maximum atomic E-state index is 11.5. The lowest BCUT2D eigenvalue weighted by atomic mass is 10.0. The molecule has 1 aromatic heterocycles. The fourth-order valence-electron chi connectivity index (χ4n) is 2.27. The third-order valence-corrected chi connectivity index (χ3v) is 3.42. The van der Waals surface area contributed by atoms with Gasteiger partial charge in [0.05, 0.1) is 0 Å². The second-order valence-corrected chi connectivity index (χ2v) is 4.45. The van der Waals surface area contributed by atoms with Crippen molar-refractivity contribution in [2.75, 3.05) is 25.0 Å². The van der Waals surface area contributed by atoms with E-state index in [0.717, 1.165) is 31.7 Å². The molecule has 0 N–H and O–H groups in total. The largest absolute Gasteiger partial charge is 0.355 e. The van der Waals surface area contributed by atoms with E-state index in [1.54, 1.807) is 6.20 Å². The zero-order valence-electron chi connectivity index (χ0n) is 10.6. The minimum absolute atomic E-state index is 0.0237. The summed E-state index contributed by atoms with van der Waals surface area (Å²) in [5.74, 6) is 0.904. The molecule has 1 saturated heterocycles. The quantitative estimate of drug-likeness (QED) is 0.749. The molecule has 0 saturated carbocycles. The van der Waals surface area contributed by atoms with Crippen molar-refractivity contribution in [1.82, 2.24) is 15.1 Å². The first-order valence-electron chi connectivity index (χ1n) is 6.14. The van der Waals surface area contributed by atoms with Crippen LogP contribution in [0.2, 0.25) is 0 Å². The molecule has 0 atom stereocenters. The first-order chi connectivity index (χ1) is 8.72. The van der Waals surface area contributed by atoms with Crippen molar-refractivity contribution in [3.8, 4) is 0 Å². The lowest BCUT2D eigenvalue weighted by molar-refractivity contribution is -0.126. The van der Waals surface area contributed by atoms with E-state index in [2.05, 4.69) is 21.7 Å². The Hall–Kier alpha value is -1.91. The number of hydrogen-bond donors (Lipinski definition) is 0. The predicted molar refractivity (Wildman–Crippen MR) is 70.2 cm³/mol. The molecule has 5 nitrogen and oxygen atoms in total. The smallest absolute Gasteiger partial charge is 0.245 e. The molecule has 1 fully saturated rings. The first kappa shape index (κ1) is 12.5. The summed E-state index contributed by atoms with van der Waals surface area (Å²) in [7, 11) is 2.03. The average Bonchev–Trinajstić information content (AvgIpc) is 2.47.